The predicted molar refractivity (Wildman–Crippen MR) is 100 cm³/mol. The first-order chi connectivity index (χ1) is 13.1. The molecule has 0 saturated carbocycles. The maximum absolute atomic E-state index is 12.4. The number of hydrogen-bond donors (Lipinski definition) is 3. The van der Waals surface area contributed by atoms with Crippen LogP contribution in [0.1, 0.15) is 12.2 Å². The van der Waals surface area contributed by atoms with Crippen LogP contribution in [0.2, 0.25) is 0 Å². The Morgan fingerprint density at radius 1 is 1.26 bits per heavy atom. The van der Waals surface area contributed by atoms with E-state index in [1.165, 1.54) is 0 Å². The van der Waals surface area contributed by atoms with Crippen LogP contribution in [0.15, 0.2) is 42.7 Å². The molecule has 0 spiro atoms. The number of likely N-dealkylation sites (tertiary alicyclic amines) is 1. The zero-order valence-corrected chi connectivity index (χ0v) is 15.3. The van der Waals surface area contributed by atoms with E-state index in [-0.39, 0.29) is 30.8 Å². The van der Waals surface area contributed by atoms with Crippen molar-refractivity contribution in [3.63, 3.8) is 0 Å². The molecular formula is C19H25N5O3. The number of nitrogens with one attached hydrogen (secondary N) is 2. The molecule has 2 aromatic rings. The highest BCUT2D eigenvalue weighted by molar-refractivity contribution is 5.77. The van der Waals surface area contributed by atoms with Crippen molar-refractivity contribution in [2.24, 2.45) is 5.92 Å². The van der Waals surface area contributed by atoms with Crippen molar-refractivity contribution in [2.45, 2.75) is 18.9 Å². The van der Waals surface area contributed by atoms with Crippen molar-refractivity contribution >= 4 is 11.9 Å². The van der Waals surface area contributed by atoms with Crippen LogP contribution in [-0.4, -0.2) is 64.3 Å². The van der Waals surface area contributed by atoms with Crippen molar-refractivity contribution in [2.75, 3.05) is 26.7 Å². The minimum Gasteiger partial charge on any atom is -0.391 e. The number of imidazole rings is 1. The quantitative estimate of drug-likeness (QED) is 0.691. The van der Waals surface area contributed by atoms with Crippen LogP contribution in [0, 0.1) is 5.92 Å². The zero-order valence-electron chi connectivity index (χ0n) is 15.3. The molecule has 0 radical (unpaired) electrons. The Hall–Kier alpha value is -2.87. The molecule has 0 unspecified atom stereocenters. The van der Waals surface area contributed by atoms with Crippen molar-refractivity contribution in [3.8, 4) is 5.69 Å². The molecule has 0 aliphatic carbocycles. The summed E-state index contributed by atoms with van der Waals surface area (Å²) >= 11 is 0. The van der Waals surface area contributed by atoms with Gasteiger partial charge < -0.3 is 25.2 Å². The number of benzene rings is 1. The van der Waals surface area contributed by atoms with E-state index in [1.54, 1.807) is 18.1 Å². The van der Waals surface area contributed by atoms with E-state index in [0.29, 0.717) is 19.5 Å². The highest BCUT2D eigenvalue weighted by Gasteiger charge is 2.34. The maximum Gasteiger partial charge on any atom is 0.317 e. The number of amides is 3. The van der Waals surface area contributed by atoms with Crippen LogP contribution in [-0.2, 0) is 11.2 Å². The fourth-order valence-electron chi connectivity index (χ4n) is 3.30. The van der Waals surface area contributed by atoms with Crippen molar-refractivity contribution in [1.29, 1.82) is 0 Å². The van der Waals surface area contributed by atoms with E-state index in [2.05, 4.69) is 15.6 Å². The van der Waals surface area contributed by atoms with Crippen molar-refractivity contribution in [3.05, 3.63) is 48.5 Å². The third-order valence-electron chi connectivity index (χ3n) is 4.80. The summed E-state index contributed by atoms with van der Waals surface area (Å²) in [7, 11) is 1.56. The van der Waals surface area contributed by atoms with E-state index >= 15 is 0 Å². The van der Waals surface area contributed by atoms with Crippen molar-refractivity contribution < 1.29 is 14.7 Å². The van der Waals surface area contributed by atoms with Gasteiger partial charge in [0, 0.05) is 63.5 Å². The average Bonchev–Trinajstić information content (AvgIpc) is 3.29. The van der Waals surface area contributed by atoms with Gasteiger partial charge >= 0.3 is 6.03 Å². The minimum atomic E-state index is -0.676. The van der Waals surface area contributed by atoms with Crippen LogP contribution < -0.4 is 10.6 Å². The molecule has 0 bridgehead atoms. The first-order valence-corrected chi connectivity index (χ1v) is 9.07. The standard InChI is InChI=1S/C19H25N5O3/c1-20-18(26)11-14-12-23(13-16(14)25)19(27)22-8-7-17-21-9-10-24(17)15-5-3-2-4-6-15/h2-6,9-10,14,16,25H,7-8,11-13H2,1H3,(H,20,26)(H,22,27)/t14-,16-/m1/s1. The predicted octanol–water partition coefficient (Wildman–Crippen LogP) is 0.553. The molecule has 27 heavy (non-hydrogen) atoms. The van der Waals surface area contributed by atoms with E-state index in [9.17, 15) is 14.7 Å². The summed E-state index contributed by atoms with van der Waals surface area (Å²) in [5.74, 6) is 0.502. The fraction of sp³-hybridized carbons (Fsp3) is 0.421. The molecule has 3 N–H and O–H groups in total. The van der Waals surface area contributed by atoms with Crippen LogP contribution in [0.4, 0.5) is 4.79 Å². The smallest absolute Gasteiger partial charge is 0.317 e. The molecule has 3 rings (SSSR count). The second-order valence-electron chi connectivity index (χ2n) is 6.64. The molecule has 8 heteroatoms. The minimum absolute atomic E-state index is 0.131. The summed E-state index contributed by atoms with van der Waals surface area (Å²) in [4.78, 5) is 29.8. The Morgan fingerprint density at radius 2 is 2.04 bits per heavy atom. The monoisotopic (exact) mass is 371 g/mol. The van der Waals surface area contributed by atoms with E-state index in [4.69, 9.17) is 0 Å². The van der Waals surface area contributed by atoms with Gasteiger partial charge in [0.2, 0.25) is 5.91 Å². The third-order valence-corrected chi connectivity index (χ3v) is 4.80. The van der Waals surface area contributed by atoms with Crippen LogP contribution in [0.3, 0.4) is 0 Å². The lowest BCUT2D eigenvalue weighted by Crippen LogP contribution is -2.40. The first-order valence-electron chi connectivity index (χ1n) is 9.07. The Bertz CT molecular complexity index is 777. The summed E-state index contributed by atoms with van der Waals surface area (Å²) in [5.41, 5.74) is 1.02. The van der Waals surface area contributed by atoms with Crippen molar-refractivity contribution in [1.82, 2.24) is 25.1 Å². The summed E-state index contributed by atoms with van der Waals surface area (Å²) in [5, 5.41) is 15.5. The summed E-state index contributed by atoms with van der Waals surface area (Å²) in [6.07, 6.45) is 3.77. The second-order valence-corrected chi connectivity index (χ2v) is 6.64. The Morgan fingerprint density at radius 3 is 2.78 bits per heavy atom. The van der Waals surface area contributed by atoms with E-state index < -0.39 is 6.10 Å². The Balaban J connectivity index is 1.50. The number of β-amino-alcohol motifs (C(OH)–C–C–N with tert-alkyl or cyclic N) is 1. The number of rotatable bonds is 6. The number of carbonyl (C=O) groups excluding carboxylic acids is 2. The van der Waals surface area contributed by atoms with Crippen LogP contribution in [0.25, 0.3) is 5.69 Å². The summed E-state index contributed by atoms with van der Waals surface area (Å²) in [6, 6.07) is 9.67. The molecule has 1 aromatic heterocycles. The SMILES string of the molecule is CNC(=O)C[C@@H]1CN(C(=O)NCCc2nccn2-c2ccccc2)C[C@H]1O. The van der Waals surface area contributed by atoms with Crippen LogP contribution >= 0.6 is 0 Å². The van der Waals surface area contributed by atoms with Gasteiger partial charge in [-0.3, -0.25) is 4.79 Å². The molecular weight excluding hydrogens is 346 g/mol. The van der Waals surface area contributed by atoms with Gasteiger partial charge in [0.15, 0.2) is 0 Å². The number of nitrogens with zero attached hydrogens (tertiary/aromatic N) is 3. The second kappa shape index (κ2) is 8.68. The molecule has 2 heterocycles. The number of para-hydroxylation sites is 1. The first kappa shape index (κ1) is 18.9. The molecule has 1 aliphatic rings. The lowest BCUT2D eigenvalue weighted by atomic mass is 10.0. The number of carbonyl (C=O) groups is 2. The van der Waals surface area contributed by atoms with Gasteiger partial charge in [-0.2, -0.15) is 0 Å². The lowest BCUT2D eigenvalue weighted by Gasteiger charge is -2.17. The number of aliphatic hydroxyl groups is 1. The molecule has 144 valence electrons. The topological polar surface area (TPSA) is 99.5 Å². The molecule has 1 fully saturated rings. The van der Waals surface area contributed by atoms with Gasteiger partial charge in [0.05, 0.1) is 6.10 Å². The van der Waals surface area contributed by atoms with E-state index in [0.717, 1.165) is 11.5 Å². The average molecular weight is 371 g/mol. The van der Waals surface area contributed by atoms with Crippen LogP contribution in [0.5, 0.6) is 0 Å². The molecule has 2 atom stereocenters. The largest absolute Gasteiger partial charge is 0.391 e. The van der Waals surface area contributed by atoms with E-state index in [1.807, 2.05) is 41.1 Å². The maximum atomic E-state index is 12.4. The number of aliphatic hydroxyl groups excluding tert-OH is 1. The normalized spacial score (nSPS) is 19.1. The Kier molecular flexibility index (Phi) is 6.08. The number of aromatic nitrogens is 2. The van der Waals surface area contributed by atoms with Gasteiger partial charge in [-0.05, 0) is 12.1 Å². The van der Waals surface area contributed by atoms with Gasteiger partial charge in [-0.25, -0.2) is 9.78 Å². The Labute approximate surface area is 158 Å². The number of urea groups is 1. The highest BCUT2D eigenvalue weighted by atomic mass is 16.3. The van der Waals surface area contributed by atoms with Gasteiger partial charge in [-0.15, -0.1) is 0 Å². The van der Waals surface area contributed by atoms with Gasteiger partial charge in [-0.1, -0.05) is 18.2 Å². The molecule has 8 nitrogen and oxygen atoms in total. The third kappa shape index (κ3) is 4.65. The fourth-order valence-corrected chi connectivity index (χ4v) is 3.30. The molecule has 1 aromatic carbocycles. The summed E-state index contributed by atoms with van der Waals surface area (Å²) < 4.78 is 1.99. The molecule has 1 saturated heterocycles. The van der Waals surface area contributed by atoms with Gasteiger partial charge in [0.1, 0.15) is 5.82 Å². The highest BCUT2D eigenvalue weighted by Crippen LogP contribution is 2.20. The number of hydrogen-bond acceptors (Lipinski definition) is 4. The molecule has 1 aliphatic heterocycles. The van der Waals surface area contributed by atoms with Gasteiger partial charge in [0.25, 0.3) is 0 Å². The lowest BCUT2D eigenvalue weighted by molar-refractivity contribution is -0.122. The molecule has 3 amide bonds. The zero-order chi connectivity index (χ0) is 19.2. The summed E-state index contributed by atoms with van der Waals surface area (Å²) in [6.45, 7) is 1.06.